The van der Waals surface area contributed by atoms with Crippen molar-refractivity contribution in [2.45, 2.75) is 0 Å². The SMILES string of the molecule is O=C(c1cc2sccc2s1)N1CCNCC1. The Morgan fingerprint density at radius 3 is 2.88 bits per heavy atom. The number of hydrogen-bond donors (Lipinski definition) is 1. The molecular formula is C11H12N2OS2. The normalized spacial score (nSPS) is 16.9. The molecule has 5 heteroatoms. The molecule has 0 atom stereocenters. The lowest BCUT2D eigenvalue weighted by Crippen LogP contribution is -2.46. The first-order valence-electron chi connectivity index (χ1n) is 5.31. The van der Waals surface area contributed by atoms with Gasteiger partial charge in [-0.25, -0.2) is 0 Å². The van der Waals surface area contributed by atoms with E-state index in [1.165, 1.54) is 9.40 Å². The molecule has 2 aromatic heterocycles. The van der Waals surface area contributed by atoms with Crippen LogP contribution < -0.4 is 5.32 Å². The summed E-state index contributed by atoms with van der Waals surface area (Å²) >= 11 is 3.30. The Morgan fingerprint density at radius 1 is 1.31 bits per heavy atom. The molecule has 1 fully saturated rings. The van der Waals surface area contributed by atoms with Crippen LogP contribution in [0.15, 0.2) is 17.5 Å². The molecule has 0 aliphatic carbocycles. The van der Waals surface area contributed by atoms with Gasteiger partial charge in [0.15, 0.2) is 0 Å². The van der Waals surface area contributed by atoms with Crippen molar-refractivity contribution in [3.63, 3.8) is 0 Å². The first-order valence-corrected chi connectivity index (χ1v) is 7.01. The van der Waals surface area contributed by atoms with Gasteiger partial charge in [-0.15, -0.1) is 22.7 Å². The van der Waals surface area contributed by atoms with E-state index >= 15 is 0 Å². The second-order valence-electron chi connectivity index (χ2n) is 3.80. The van der Waals surface area contributed by atoms with Crippen LogP contribution in [0.1, 0.15) is 9.67 Å². The number of nitrogens with zero attached hydrogens (tertiary/aromatic N) is 1. The molecule has 0 bridgehead atoms. The molecule has 0 spiro atoms. The topological polar surface area (TPSA) is 32.3 Å². The van der Waals surface area contributed by atoms with Gasteiger partial charge in [-0.05, 0) is 17.5 Å². The third-order valence-corrected chi connectivity index (χ3v) is 4.84. The predicted octanol–water partition coefficient (Wildman–Crippen LogP) is 2.01. The zero-order valence-electron chi connectivity index (χ0n) is 8.73. The summed E-state index contributed by atoms with van der Waals surface area (Å²) < 4.78 is 2.45. The quantitative estimate of drug-likeness (QED) is 0.842. The molecule has 3 nitrogen and oxygen atoms in total. The molecule has 84 valence electrons. The molecule has 0 aromatic carbocycles. The fourth-order valence-corrected chi connectivity index (χ4v) is 3.97. The zero-order chi connectivity index (χ0) is 11.0. The van der Waals surface area contributed by atoms with Gasteiger partial charge in [0.25, 0.3) is 5.91 Å². The molecule has 1 N–H and O–H groups in total. The largest absolute Gasteiger partial charge is 0.335 e. The molecule has 1 aliphatic rings. The van der Waals surface area contributed by atoms with E-state index in [9.17, 15) is 4.79 Å². The summed E-state index contributed by atoms with van der Waals surface area (Å²) in [7, 11) is 0. The molecule has 16 heavy (non-hydrogen) atoms. The highest BCUT2D eigenvalue weighted by Crippen LogP contribution is 2.30. The minimum atomic E-state index is 0.190. The molecule has 2 aromatic rings. The summed E-state index contributed by atoms with van der Waals surface area (Å²) in [4.78, 5) is 15.0. The fourth-order valence-electron chi connectivity index (χ4n) is 1.89. The number of carbonyl (C=O) groups is 1. The van der Waals surface area contributed by atoms with Crippen LogP contribution in [-0.2, 0) is 0 Å². The highest BCUT2D eigenvalue weighted by Gasteiger charge is 2.19. The maximum Gasteiger partial charge on any atom is 0.264 e. The van der Waals surface area contributed by atoms with Gasteiger partial charge in [0.2, 0.25) is 0 Å². The van der Waals surface area contributed by atoms with Crippen molar-refractivity contribution in [3.05, 3.63) is 22.4 Å². The molecule has 1 saturated heterocycles. The maximum atomic E-state index is 12.2. The monoisotopic (exact) mass is 252 g/mol. The van der Waals surface area contributed by atoms with E-state index in [-0.39, 0.29) is 5.91 Å². The van der Waals surface area contributed by atoms with Crippen molar-refractivity contribution in [1.82, 2.24) is 10.2 Å². The van der Waals surface area contributed by atoms with E-state index in [0.717, 1.165) is 31.1 Å². The van der Waals surface area contributed by atoms with Crippen molar-refractivity contribution >= 4 is 38.0 Å². The summed E-state index contributed by atoms with van der Waals surface area (Å²) in [6.45, 7) is 3.46. The third-order valence-electron chi connectivity index (χ3n) is 2.75. The van der Waals surface area contributed by atoms with Gasteiger partial charge in [-0.3, -0.25) is 4.79 Å². The van der Waals surface area contributed by atoms with Crippen LogP contribution >= 0.6 is 22.7 Å². The molecule has 0 radical (unpaired) electrons. The van der Waals surface area contributed by atoms with Crippen molar-refractivity contribution < 1.29 is 4.79 Å². The van der Waals surface area contributed by atoms with Crippen molar-refractivity contribution in [2.75, 3.05) is 26.2 Å². The summed E-state index contributed by atoms with van der Waals surface area (Å²) in [5, 5.41) is 5.32. The minimum absolute atomic E-state index is 0.190. The lowest BCUT2D eigenvalue weighted by Gasteiger charge is -2.26. The van der Waals surface area contributed by atoms with E-state index in [4.69, 9.17) is 0 Å². The van der Waals surface area contributed by atoms with E-state index in [1.807, 2.05) is 11.0 Å². The molecule has 1 aliphatic heterocycles. The van der Waals surface area contributed by atoms with Crippen molar-refractivity contribution in [2.24, 2.45) is 0 Å². The fraction of sp³-hybridized carbons (Fsp3) is 0.364. The Hall–Kier alpha value is -0.910. The number of amides is 1. The predicted molar refractivity (Wildman–Crippen MR) is 68.5 cm³/mol. The van der Waals surface area contributed by atoms with Crippen LogP contribution in [0.5, 0.6) is 0 Å². The lowest BCUT2D eigenvalue weighted by molar-refractivity contribution is 0.0741. The van der Waals surface area contributed by atoms with Crippen molar-refractivity contribution in [1.29, 1.82) is 0 Å². The number of fused-ring (bicyclic) bond motifs is 1. The Balaban J connectivity index is 1.86. The Bertz CT molecular complexity index is 482. The average molecular weight is 252 g/mol. The highest BCUT2D eigenvalue weighted by atomic mass is 32.1. The van der Waals surface area contributed by atoms with Gasteiger partial charge < -0.3 is 10.2 Å². The van der Waals surface area contributed by atoms with E-state index < -0.39 is 0 Å². The van der Waals surface area contributed by atoms with E-state index in [2.05, 4.69) is 16.8 Å². The van der Waals surface area contributed by atoms with Crippen LogP contribution in [0.3, 0.4) is 0 Å². The van der Waals surface area contributed by atoms with Crippen LogP contribution in [-0.4, -0.2) is 37.0 Å². The van der Waals surface area contributed by atoms with E-state index in [1.54, 1.807) is 22.7 Å². The van der Waals surface area contributed by atoms with Crippen LogP contribution in [0.25, 0.3) is 9.40 Å². The summed E-state index contributed by atoms with van der Waals surface area (Å²) in [6, 6.07) is 4.11. The second kappa shape index (κ2) is 4.16. The molecule has 3 rings (SSSR count). The summed E-state index contributed by atoms with van der Waals surface area (Å²) in [6.07, 6.45) is 0. The number of nitrogens with one attached hydrogen (secondary N) is 1. The van der Waals surface area contributed by atoms with Gasteiger partial charge in [-0.2, -0.15) is 0 Å². The Kier molecular flexibility index (Phi) is 2.67. The molecule has 3 heterocycles. The molecule has 1 amide bonds. The van der Waals surface area contributed by atoms with Gasteiger partial charge >= 0.3 is 0 Å². The van der Waals surface area contributed by atoms with Gasteiger partial charge in [0.1, 0.15) is 0 Å². The Morgan fingerprint density at radius 2 is 2.12 bits per heavy atom. The number of piperazine rings is 1. The van der Waals surface area contributed by atoms with Crippen molar-refractivity contribution in [3.8, 4) is 0 Å². The summed E-state index contributed by atoms with van der Waals surface area (Å²) in [5.41, 5.74) is 0. The van der Waals surface area contributed by atoms with Gasteiger partial charge in [0, 0.05) is 35.6 Å². The van der Waals surface area contributed by atoms with Crippen LogP contribution in [0, 0.1) is 0 Å². The molecule has 0 saturated carbocycles. The van der Waals surface area contributed by atoms with Gasteiger partial charge in [0.05, 0.1) is 4.88 Å². The minimum Gasteiger partial charge on any atom is -0.335 e. The lowest BCUT2D eigenvalue weighted by atomic mass is 10.3. The number of thiophene rings is 2. The smallest absolute Gasteiger partial charge is 0.264 e. The van der Waals surface area contributed by atoms with Gasteiger partial charge in [-0.1, -0.05) is 0 Å². The maximum absolute atomic E-state index is 12.2. The first kappa shape index (κ1) is 10.3. The number of carbonyl (C=O) groups excluding carboxylic acids is 1. The average Bonchev–Trinajstić information content (AvgIpc) is 2.89. The zero-order valence-corrected chi connectivity index (χ0v) is 10.4. The third kappa shape index (κ3) is 1.75. The molecular weight excluding hydrogens is 240 g/mol. The first-order chi connectivity index (χ1) is 7.84. The number of rotatable bonds is 1. The highest BCUT2D eigenvalue weighted by molar-refractivity contribution is 7.27. The molecule has 0 unspecified atom stereocenters. The van der Waals surface area contributed by atoms with E-state index in [0.29, 0.717) is 0 Å². The van der Waals surface area contributed by atoms with Crippen LogP contribution in [0.4, 0.5) is 0 Å². The number of hydrogen-bond acceptors (Lipinski definition) is 4. The van der Waals surface area contributed by atoms with Crippen LogP contribution in [0.2, 0.25) is 0 Å². The standard InChI is InChI=1S/C11H12N2OS2/c14-11(13-4-2-12-3-5-13)10-7-9-8(16-10)1-6-15-9/h1,6-7,12H,2-5H2. The summed E-state index contributed by atoms with van der Waals surface area (Å²) in [5.74, 6) is 0.190. The Labute approximate surface area is 102 Å². The second-order valence-corrected chi connectivity index (χ2v) is 5.83.